The van der Waals surface area contributed by atoms with Gasteiger partial charge in [0.15, 0.2) is 11.5 Å². The van der Waals surface area contributed by atoms with Crippen LogP contribution >= 0.6 is 0 Å². The van der Waals surface area contributed by atoms with Crippen molar-refractivity contribution in [1.29, 1.82) is 0 Å². The minimum atomic E-state index is -0.0190. The van der Waals surface area contributed by atoms with E-state index in [0.717, 1.165) is 11.4 Å². The summed E-state index contributed by atoms with van der Waals surface area (Å²) in [6, 6.07) is 5.92. The van der Waals surface area contributed by atoms with Crippen LogP contribution in [0.15, 0.2) is 18.2 Å². The van der Waals surface area contributed by atoms with Crippen molar-refractivity contribution in [2.24, 2.45) is 0 Å². The molecule has 0 atom stereocenters. The Kier molecular flexibility index (Phi) is 4.06. The normalized spacial score (nSPS) is 18.0. The van der Waals surface area contributed by atoms with Crippen LogP contribution in [0.5, 0.6) is 11.5 Å². The molecule has 1 aromatic rings. The fourth-order valence-corrected chi connectivity index (χ4v) is 2.72. The van der Waals surface area contributed by atoms with Gasteiger partial charge in [0.05, 0.1) is 6.54 Å². The largest absolute Gasteiger partial charge is 0.454 e. The van der Waals surface area contributed by atoms with E-state index in [2.05, 4.69) is 10.6 Å². The lowest BCUT2D eigenvalue weighted by molar-refractivity contribution is -0.115. The van der Waals surface area contributed by atoms with Gasteiger partial charge in [-0.05, 0) is 25.0 Å². The molecule has 5 nitrogen and oxygen atoms in total. The van der Waals surface area contributed by atoms with Gasteiger partial charge in [0.2, 0.25) is 12.7 Å². The first kappa shape index (κ1) is 13.2. The maximum Gasteiger partial charge on any atom is 0.238 e. The molecule has 0 aromatic heterocycles. The Bertz CT molecular complexity index is 484. The number of fused-ring (bicyclic) bond motifs is 1. The SMILES string of the molecule is O=C(CNC1CCCCC1)Nc1ccc2c(c1)OCO2. The van der Waals surface area contributed by atoms with E-state index in [1.807, 2.05) is 12.1 Å². The van der Waals surface area contributed by atoms with Gasteiger partial charge in [0.25, 0.3) is 0 Å². The highest BCUT2D eigenvalue weighted by molar-refractivity contribution is 5.92. The van der Waals surface area contributed by atoms with Crippen molar-refractivity contribution < 1.29 is 14.3 Å². The van der Waals surface area contributed by atoms with Crippen molar-refractivity contribution in [3.05, 3.63) is 18.2 Å². The summed E-state index contributed by atoms with van der Waals surface area (Å²) in [5.41, 5.74) is 0.740. The average molecular weight is 276 g/mol. The van der Waals surface area contributed by atoms with Gasteiger partial charge in [-0.3, -0.25) is 4.79 Å². The number of rotatable bonds is 4. The van der Waals surface area contributed by atoms with Crippen LogP contribution in [-0.4, -0.2) is 25.3 Å². The molecule has 1 amide bonds. The van der Waals surface area contributed by atoms with Crippen LogP contribution in [0.4, 0.5) is 5.69 Å². The smallest absolute Gasteiger partial charge is 0.238 e. The molecule has 2 aliphatic rings. The first-order chi connectivity index (χ1) is 9.81. The molecule has 0 bridgehead atoms. The molecule has 1 aromatic carbocycles. The number of hydrogen-bond donors (Lipinski definition) is 2. The number of anilines is 1. The lowest BCUT2D eigenvalue weighted by atomic mass is 9.95. The molecule has 1 saturated carbocycles. The van der Waals surface area contributed by atoms with Crippen LogP contribution in [0, 0.1) is 0 Å². The Balaban J connectivity index is 1.48. The fraction of sp³-hybridized carbons (Fsp3) is 0.533. The molecule has 3 rings (SSSR count). The van der Waals surface area contributed by atoms with E-state index in [4.69, 9.17) is 9.47 Å². The summed E-state index contributed by atoms with van der Waals surface area (Å²) in [5.74, 6) is 1.39. The van der Waals surface area contributed by atoms with Gasteiger partial charge in [0.1, 0.15) is 0 Å². The molecule has 1 heterocycles. The molecular formula is C15H20N2O3. The van der Waals surface area contributed by atoms with Crippen LogP contribution in [0.2, 0.25) is 0 Å². The summed E-state index contributed by atoms with van der Waals surface area (Å²) in [4.78, 5) is 11.9. The van der Waals surface area contributed by atoms with Crippen LogP contribution in [-0.2, 0) is 4.79 Å². The molecule has 20 heavy (non-hydrogen) atoms. The van der Waals surface area contributed by atoms with Gasteiger partial charge in [-0.25, -0.2) is 0 Å². The van der Waals surface area contributed by atoms with Crippen molar-refractivity contribution in [2.45, 2.75) is 38.1 Å². The first-order valence-electron chi connectivity index (χ1n) is 7.24. The van der Waals surface area contributed by atoms with Crippen LogP contribution in [0.1, 0.15) is 32.1 Å². The number of hydrogen-bond acceptors (Lipinski definition) is 4. The zero-order valence-corrected chi connectivity index (χ0v) is 11.5. The standard InChI is InChI=1S/C15H20N2O3/c18-15(9-16-11-4-2-1-3-5-11)17-12-6-7-13-14(8-12)20-10-19-13/h6-8,11,16H,1-5,9-10H2,(H,17,18). The summed E-state index contributed by atoms with van der Waals surface area (Å²) < 4.78 is 10.5. The third kappa shape index (κ3) is 3.22. The molecule has 0 spiro atoms. The van der Waals surface area contributed by atoms with Crippen molar-refractivity contribution in [1.82, 2.24) is 5.32 Å². The number of carbonyl (C=O) groups is 1. The number of ether oxygens (including phenoxy) is 2. The Morgan fingerprint density at radius 2 is 1.95 bits per heavy atom. The predicted molar refractivity (Wildman–Crippen MR) is 76.1 cm³/mol. The monoisotopic (exact) mass is 276 g/mol. The zero-order chi connectivity index (χ0) is 13.8. The number of nitrogens with one attached hydrogen (secondary N) is 2. The van der Waals surface area contributed by atoms with Gasteiger partial charge in [0, 0.05) is 17.8 Å². The molecule has 1 aliphatic carbocycles. The summed E-state index contributed by atoms with van der Waals surface area (Å²) in [7, 11) is 0. The summed E-state index contributed by atoms with van der Waals surface area (Å²) in [6.07, 6.45) is 6.21. The van der Waals surface area contributed by atoms with E-state index in [9.17, 15) is 4.79 Å². The third-order valence-corrected chi connectivity index (χ3v) is 3.81. The minimum absolute atomic E-state index is 0.0190. The van der Waals surface area contributed by atoms with Crippen molar-refractivity contribution >= 4 is 11.6 Å². The van der Waals surface area contributed by atoms with Gasteiger partial charge in [-0.15, -0.1) is 0 Å². The number of carbonyl (C=O) groups excluding carboxylic acids is 1. The second kappa shape index (κ2) is 6.13. The highest BCUT2D eigenvalue weighted by Gasteiger charge is 2.16. The highest BCUT2D eigenvalue weighted by Crippen LogP contribution is 2.34. The van der Waals surface area contributed by atoms with Gasteiger partial charge < -0.3 is 20.1 Å². The van der Waals surface area contributed by atoms with Crippen molar-refractivity contribution in [3.8, 4) is 11.5 Å². The Labute approximate surface area is 118 Å². The van der Waals surface area contributed by atoms with Crippen LogP contribution in [0.3, 0.4) is 0 Å². The van der Waals surface area contributed by atoms with E-state index < -0.39 is 0 Å². The molecule has 1 aliphatic heterocycles. The van der Waals surface area contributed by atoms with E-state index >= 15 is 0 Å². The van der Waals surface area contributed by atoms with Gasteiger partial charge in [-0.1, -0.05) is 19.3 Å². The Morgan fingerprint density at radius 3 is 2.80 bits per heavy atom. The summed E-state index contributed by atoms with van der Waals surface area (Å²) in [5, 5.41) is 6.20. The topological polar surface area (TPSA) is 59.6 Å². The quantitative estimate of drug-likeness (QED) is 0.885. The Hall–Kier alpha value is -1.75. The van der Waals surface area contributed by atoms with Crippen LogP contribution in [0.25, 0.3) is 0 Å². The number of amides is 1. The van der Waals surface area contributed by atoms with E-state index in [-0.39, 0.29) is 12.7 Å². The molecule has 108 valence electrons. The molecule has 1 fully saturated rings. The lowest BCUT2D eigenvalue weighted by Crippen LogP contribution is -2.37. The van der Waals surface area contributed by atoms with E-state index in [1.165, 1.54) is 32.1 Å². The fourth-order valence-electron chi connectivity index (χ4n) is 2.72. The van der Waals surface area contributed by atoms with Gasteiger partial charge in [-0.2, -0.15) is 0 Å². The maximum absolute atomic E-state index is 11.9. The Morgan fingerprint density at radius 1 is 1.15 bits per heavy atom. The maximum atomic E-state index is 11.9. The summed E-state index contributed by atoms with van der Waals surface area (Å²) >= 11 is 0. The first-order valence-corrected chi connectivity index (χ1v) is 7.24. The van der Waals surface area contributed by atoms with Crippen LogP contribution < -0.4 is 20.1 Å². The van der Waals surface area contributed by atoms with Crippen molar-refractivity contribution in [3.63, 3.8) is 0 Å². The summed E-state index contributed by atoms with van der Waals surface area (Å²) in [6.45, 7) is 0.606. The number of benzene rings is 1. The molecule has 2 N–H and O–H groups in total. The molecule has 0 unspecified atom stereocenters. The predicted octanol–water partition coefficient (Wildman–Crippen LogP) is 2.28. The molecule has 5 heteroatoms. The average Bonchev–Trinajstić information content (AvgIpc) is 2.94. The molecule has 0 saturated heterocycles. The molecular weight excluding hydrogens is 256 g/mol. The highest BCUT2D eigenvalue weighted by atomic mass is 16.7. The third-order valence-electron chi connectivity index (χ3n) is 3.81. The van der Waals surface area contributed by atoms with Gasteiger partial charge >= 0.3 is 0 Å². The second-order valence-electron chi connectivity index (χ2n) is 5.33. The van der Waals surface area contributed by atoms with Crippen molar-refractivity contribution in [2.75, 3.05) is 18.7 Å². The second-order valence-corrected chi connectivity index (χ2v) is 5.33. The minimum Gasteiger partial charge on any atom is -0.454 e. The van der Waals surface area contributed by atoms with E-state index in [1.54, 1.807) is 6.07 Å². The van der Waals surface area contributed by atoms with E-state index in [0.29, 0.717) is 18.3 Å². The molecule has 0 radical (unpaired) electrons. The zero-order valence-electron chi connectivity index (χ0n) is 11.5. The lowest BCUT2D eigenvalue weighted by Gasteiger charge is -2.22.